The van der Waals surface area contributed by atoms with Crippen LogP contribution < -0.4 is 0 Å². The van der Waals surface area contributed by atoms with Gasteiger partial charge in [0.2, 0.25) is 0 Å². The summed E-state index contributed by atoms with van der Waals surface area (Å²) in [6.45, 7) is 1.84. The Morgan fingerprint density at radius 1 is 1.00 bits per heavy atom. The van der Waals surface area contributed by atoms with Crippen LogP contribution in [0.4, 0.5) is 0 Å². The number of nitrogens with one attached hydrogen (secondary N) is 1. The third-order valence-corrected chi connectivity index (χ3v) is 4.14. The van der Waals surface area contributed by atoms with Crippen LogP contribution in [-0.4, -0.2) is 10.8 Å². The molecular weight excluding hydrogens is 293 g/mol. The van der Waals surface area contributed by atoms with Gasteiger partial charge in [-0.15, -0.1) is 0 Å². The van der Waals surface area contributed by atoms with E-state index < -0.39 is 0 Å². The molecule has 0 aliphatic heterocycles. The molecule has 0 bridgehead atoms. The van der Waals surface area contributed by atoms with E-state index in [2.05, 4.69) is 4.98 Å². The number of hydrogen-bond donors (Lipinski definition) is 1. The van der Waals surface area contributed by atoms with E-state index in [1.54, 1.807) is 30.5 Å². The fourth-order valence-corrected chi connectivity index (χ4v) is 2.77. The number of carbonyl (C=O) groups is 1. The molecule has 0 saturated carbocycles. The summed E-state index contributed by atoms with van der Waals surface area (Å²) in [6.07, 6.45) is 1.69. The van der Waals surface area contributed by atoms with Crippen LogP contribution in [-0.2, 0) is 0 Å². The van der Waals surface area contributed by atoms with E-state index in [0.29, 0.717) is 21.2 Å². The normalized spacial score (nSPS) is 10.9. The topological polar surface area (TPSA) is 32.9 Å². The molecule has 0 atom stereocenters. The molecule has 0 fully saturated rings. The lowest BCUT2D eigenvalue weighted by molar-refractivity contribution is 0.104. The van der Waals surface area contributed by atoms with E-state index >= 15 is 0 Å². The number of benzene rings is 2. The monoisotopic (exact) mass is 303 g/mol. The number of rotatable bonds is 2. The van der Waals surface area contributed by atoms with Crippen LogP contribution in [0.15, 0.2) is 42.6 Å². The highest BCUT2D eigenvalue weighted by molar-refractivity contribution is 6.37. The van der Waals surface area contributed by atoms with Gasteiger partial charge in [0.15, 0.2) is 5.78 Å². The molecule has 2 nitrogen and oxygen atoms in total. The van der Waals surface area contributed by atoms with Gasteiger partial charge in [-0.25, -0.2) is 0 Å². The zero-order chi connectivity index (χ0) is 14.3. The van der Waals surface area contributed by atoms with E-state index in [4.69, 9.17) is 23.2 Å². The largest absolute Gasteiger partial charge is 0.360 e. The number of hydrogen-bond acceptors (Lipinski definition) is 1. The Labute approximate surface area is 126 Å². The highest BCUT2D eigenvalue weighted by atomic mass is 35.5. The lowest BCUT2D eigenvalue weighted by Gasteiger charge is -2.06. The molecule has 1 heterocycles. The number of carbonyl (C=O) groups excluding carboxylic acids is 1. The van der Waals surface area contributed by atoms with Crippen molar-refractivity contribution in [2.75, 3.05) is 0 Å². The van der Waals surface area contributed by atoms with Crippen LogP contribution in [0, 0.1) is 6.92 Å². The smallest absolute Gasteiger partial charge is 0.195 e. The van der Waals surface area contributed by atoms with Gasteiger partial charge in [-0.1, -0.05) is 41.4 Å². The van der Waals surface area contributed by atoms with E-state index in [1.807, 2.05) is 19.1 Å². The van der Waals surface area contributed by atoms with Crippen molar-refractivity contribution in [2.45, 2.75) is 6.92 Å². The predicted molar refractivity (Wildman–Crippen MR) is 82.9 cm³/mol. The second kappa shape index (κ2) is 4.97. The van der Waals surface area contributed by atoms with Gasteiger partial charge in [0, 0.05) is 33.2 Å². The lowest BCUT2D eigenvalue weighted by atomic mass is 9.99. The van der Waals surface area contributed by atoms with Crippen molar-refractivity contribution in [3.8, 4) is 0 Å². The number of H-pyrrole nitrogens is 1. The minimum Gasteiger partial charge on any atom is -0.360 e. The molecule has 0 spiro atoms. The van der Waals surface area contributed by atoms with Crippen molar-refractivity contribution >= 4 is 39.9 Å². The van der Waals surface area contributed by atoms with Gasteiger partial charge in [0.1, 0.15) is 0 Å². The lowest BCUT2D eigenvalue weighted by Crippen LogP contribution is -2.03. The number of aromatic nitrogens is 1. The van der Waals surface area contributed by atoms with Gasteiger partial charge in [-0.05, 0) is 30.7 Å². The maximum absolute atomic E-state index is 12.7. The Morgan fingerprint density at radius 3 is 2.50 bits per heavy atom. The molecule has 0 radical (unpaired) electrons. The predicted octanol–water partition coefficient (Wildman–Crippen LogP) is 5.01. The first-order chi connectivity index (χ1) is 9.59. The van der Waals surface area contributed by atoms with Crippen LogP contribution in [0.2, 0.25) is 10.0 Å². The minimum atomic E-state index is -0.0793. The van der Waals surface area contributed by atoms with Gasteiger partial charge in [0.25, 0.3) is 0 Å². The zero-order valence-electron chi connectivity index (χ0n) is 10.7. The minimum absolute atomic E-state index is 0.0793. The Hall–Kier alpha value is -1.77. The molecule has 0 aliphatic rings. The van der Waals surface area contributed by atoms with Crippen molar-refractivity contribution in [1.29, 1.82) is 0 Å². The molecule has 0 saturated heterocycles. The molecule has 100 valence electrons. The molecule has 3 rings (SSSR count). The second-order valence-electron chi connectivity index (χ2n) is 4.61. The van der Waals surface area contributed by atoms with Crippen LogP contribution >= 0.6 is 23.2 Å². The molecule has 20 heavy (non-hydrogen) atoms. The molecule has 0 unspecified atom stereocenters. The highest BCUT2D eigenvalue weighted by Crippen LogP contribution is 2.29. The summed E-state index contributed by atoms with van der Waals surface area (Å²) >= 11 is 12.3. The molecule has 4 heteroatoms. The third kappa shape index (κ3) is 2.01. The van der Waals surface area contributed by atoms with Gasteiger partial charge >= 0.3 is 0 Å². The summed E-state index contributed by atoms with van der Waals surface area (Å²) in [5, 5.41) is 1.90. The van der Waals surface area contributed by atoms with Crippen LogP contribution in [0.3, 0.4) is 0 Å². The Kier molecular flexibility index (Phi) is 3.28. The molecular formula is C16H11Cl2NO. The van der Waals surface area contributed by atoms with Crippen molar-refractivity contribution in [1.82, 2.24) is 4.98 Å². The van der Waals surface area contributed by atoms with Crippen LogP contribution in [0.1, 0.15) is 21.5 Å². The fraction of sp³-hybridized carbons (Fsp3) is 0.0625. The summed E-state index contributed by atoms with van der Waals surface area (Å²) in [5.41, 5.74) is 2.79. The Bertz CT molecular complexity index is 820. The number of aromatic amines is 1. The molecule has 2 aromatic carbocycles. The first-order valence-corrected chi connectivity index (χ1v) is 6.90. The molecule has 1 N–H and O–H groups in total. The van der Waals surface area contributed by atoms with Crippen molar-refractivity contribution in [2.24, 2.45) is 0 Å². The summed E-state index contributed by atoms with van der Waals surface area (Å²) < 4.78 is 0. The summed E-state index contributed by atoms with van der Waals surface area (Å²) in [7, 11) is 0. The Morgan fingerprint density at radius 2 is 1.70 bits per heavy atom. The summed E-state index contributed by atoms with van der Waals surface area (Å²) in [4.78, 5) is 15.8. The fourth-order valence-electron chi connectivity index (χ4n) is 2.32. The number of halogens is 2. The molecule has 0 aliphatic carbocycles. The first kappa shape index (κ1) is 13.2. The van der Waals surface area contributed by atoms with Crippen molar-refractivity contribution in [3.05, 3.63) is 69.3 Å². The molecule has 3 aromatic rings. The van der Waals surface area contributed by atoms with Crippen molar-refractivity contribution in [3.63, 3.8) is 0 Å². The number of fused-ring (bicyclic) bond motifs is 1. The van der Waals surface area contributed by atoms with Crippen LogP contribution in [0.5, 0.6) is 0 Å². The average molecular weight is 304 g/mol. The average Bonchev–Trinajstić information content (AvgIpc) is 2.86. The maximum atomic E-state index is 12.7. The van der Waals surface area contributed by atoms with Gasteiger partial charge in [-0.2, -0.15) is 0 Å². The zero-order valence-corrected chi connectivity index (χ0v) is 12.2. The van der Waals surface area contributed by atoms with Gasteiger partial charge in [0.05, 0.1) is 5.02 Å². The second-order valence-corrected chi connectivity index (χ2v) is 5.42. The first-order valence-electron chi connectivity index (χ1n) is 6.15. The quantitative estimate of drug-likeness (QED) is 0.663. The maximum Gasteiger partial charge on any atom is 0.195 e. The number of ketones is 1. The SMILES string of the molecule is Cc1c(Cl)cccc1C(=O)c1c[nH]c2cccc(Cl)c12. The van der Waals surface area contributed by atoms with Gasteiger partial charge < -0.3 is 4.98 Å². The molecule has 1 aromatic heterocycles. The van der Waals surface area contributed by atoms with E-state index in [1.165, 1.54) is 0 Å². The van der Waals surface area contributed by atoms with E-state index in [9.17, 15) is 4.79 Å². The summed E-state index contributed by atoms with van der Waals surface area (Å²) in [6, 6.07) is 10.8. The van der Waals surface area contributed by atoms with E-state index in [0.717, 1.165) is 16.5 Å². The third-order valence-electron chi connectivity index (χ3n) is 3.41. The van der Waals surface area contributed by atoms with Crippen LogP contribution in [0.25, 0.3) is 10.9 Å². The highest BCUT2D eigenvalue weighted by Gasteiger charge is 2.18. The molecule has 0 amide bonds. The van der Waals surface area contributed by atoms with Gasteiger partial charge in [-0.3, -0.25) is 4.79 Å². The van der Waals surface area contributed by atoms with E-state index in [-0.39, 0.29) is 5.78 Å². The Balaban J connectivity index is 2.21. The summed E-state index contributed by atoms with van der Waals surface area (Å²) in [5.74, 6) is -0.0793. The standard InChI is InChI=1S/C16H11Cl2NO/c1-9-10(4-2-5-12(9)17)16(20)11-8-19-14-7-3-6-13(18)15(11)14/h2-8,19H,1H3. The van der Waals surface area contributed by atoms with Crippen molar-refractivity contribution < 1.29 is 4.79 Å².